The maximum absolute atomic E-state index is 13.2. The van der Waals surface area contributed by atoms with Crippen LogP contribution in [0, 0.1) is 0 Å². The van der Waals surface area contributed by atoms with Crippen molar-refractivity contribution in [3.05, 3.63) is 77.9 Å². The van der Waals surface area contributed by atoms with Crippen LogP contribution in [0.1, 0.15) is 49.0 Å². The summed E-state index contributed by atoms with van der Waals surface area (Å²) in [5, 5.41) is 5.73. The predicted octanol–water partition coefficient (Wildman–Crippen LogP) is 5.40. The number of nitrogens with one attached hydrogen (secondary N) is 2. The molecule has 0 saturated heterocycles. The lowest BCUT2D eigenvalue weighted by atomic mass is 9.95. The van der Waals surface area contributed by atoms with Gasteiger partial charge in [-0.3, -0.25) is 9.59 Å². The third kappa shape index (κ3) is 5.39. The predicted molar refractivity (Wildman–Crippen MR) is 134 cm³/mol. The van der Waals surface area contributed by atoms with Gasteiger partial charge in [0.25, 0.3) is 5.91 Å². The largest absolute Gasteiger partial charge is 0.486 e. The topological polar surface area (TPSA) is 76.7 Å². The summed E-state index contributed by atoms with van der Waals surface area (Å²) < 4.78 is 11.7. The molecule has 0 fully saturated rings. The van der Waals surface area contributed by atoms with Gasteiger partial charge in [0, 0.05) is 23.9 Å². The average Bonchev–Trinajstić information content (AvgIpc) is 2.84. The zero-order chi connectivity index (χ0) is 24.1. The lowest BCUT2D eigenvalue weighted by molar-refractivity contribution is -0.123. The average molecular weight is 459 g/mol. The molecule has 0 saturated carbocycles. The highest BCUT2D eigenvalue weighted by molar-refractivity contribution is 6.08. The van der Waals surface area contributed by atoms with Gasteiger partial charge < -0.3 is 20.1 Å². The number of carbonyl (C=O) groups is 2. The van der Waals surface area contributed by atoms with Crippen molar-refractivity contribution in [3.63, 3.8) is 0 Å². The number of anilines is 1. The van der Waals surface area contributed by atoms with Gasteiger partial charge in [-0.1, -0.05) is 56.3 Å². The maximum atomic E-state index is 13.2. The minimum absolute atomic E-state index is 0.0686. The van der Waals surface area contributed by atoms with Gasteiger partial charge in [0.15, 0.2) is 11.5 Å². The van der Waals surface area contributed by atoms with Crippen molar-refractivity contribution in [1.29, 1.82) is 0 Å². The van der Waals surface area contributed by atoms with Gasteiger partial charge in [-0.2, -0.15) is 0 Å². The molecule has 1 aliphatic rings. The quantitative estimate of drug-likeness (QED) is 0.497. The maximum Gasteiger partial charge on any atom is 0.256 e. The van der Waals surface area contributed by atoms with Crippen LogP contribution in [0.4, 0.5) is 5.69 Å². The minimum atomic E-state index is -0.339. The van der Waals surface area contributed by atoms with Crippen molar-refractivity contribution in [2.75, 3.05) is 18.5 Å². The molecule has 34 heavy (non-hydrogen) atoms. The van der Waals surface area contributed by atoms with Crippen molar-refractivity contribution < 1.29 is 19.1 Å². The number of rotatable bonds is 7. The van der Waals surface area contributed by atoms with E-state index in [0.717, 1.165) is 11.1 Å². The third-order valence-electron chi connectivity index (χ3n) is 5.77. The standard InChI is InChI=1S/C28H30N2O4/c1-4-29-27(31)16-22-17-33-26-15-21(13-14-25(26)34-22)30-28(32)24-8-6-5-7-23(24)20-11-9-19(10-12-20)18(2)3/h5-15,18,22H,4,16-17H2,1-3H3,(H,29,31)(H,30,32). The molecule has 0 bridgehead atoms. The summed E-state index contributed by atoms with van der Waals surface area (Å²) in [5.41, 5.74) is 4.34. The number of carbonyl (C=O) groups excluding carboxylic acids is 2. The highest BCUT2D eigenvalue weighted by atomic mass is 16.6. The first kappa shape index (κ1) is 23.4. The Kier molecular flexibility index (Phi) is 7.16. The molecular formula is C28H30N2O4. The van der Waals surface area contributed by atoms with Crippen LogP contribution < -0.4 is 20.1 Å². The van der Waals surface area contributed by atoms with Gasteiger partial charge in [-0.25, -0.2) is 0 Å². The SMILES string of the molecule is CCNC(=O)CC1COc2cc(NC(=O)c3ccccc3-c3ccc(C(C)C)cc3)ccc2O1. The van der Waals surface area contributed by atoms with Crippen molar-refractivity contribution in [2.24, 2.45) is 0 Å². The zero-order valence-corrected chi connectivity index (χ0v) is 19.8. The second-order valence-corrected chi connectivity index (χ2v) is 8.65. The highest BCUT2D eigenvalue weighted by Crippen LogP contribution is 2.35. The van der Waals surface area contributed by atoms with Crippen LogP contribution >= 0.6 is 0 Å². The third-order valence-corrected chi connectivity index (χ3v) is 5.77. The van der Waals surface area contributed by atoms with Crippen LogP contribution in [0.2, 0.25) is 0 Å². The summed E-state index contributed by atoms with van der Waals surface area (Å²) in [6, 6.07) is 21.2. The lowest BCUT2D eigenvalue weighted by Crippen LogP contribution is -2.35. The molecule has 0 aromatic heterocycles. The Hall–Kier alpha value is -3.80. The lowest BCUT2D eigenvalue weighted by Gasteiger charge is -2.26. The number of ether oxygens (including phenoxy) is 2. The first-order chi connectivity index (χ1) is 16.4. The molecule has 3 aromatic rings. The first-order valence-electron chi connectivity index (χ1n) is 11.7. The van der Waals surface area contributed by atoms with E-state index in [2.05, 4.69) is 48.7 Å². The zero-order valence-electron chi connectivity index (χ0n) is 19.8. The van der Waals surface area contributed by atoms with Crippen molar-refractivity contribution in [1.82, 2.24) is 5.32 Å². The Balaban J connectivity index is 1.48. The summed E-state index contributed by atoms with van der Waals surface area (Å²) in [6.07, 6.45) is -0.103. The van der Waals surface area contributed by atoms with E-state index in [1.807, 2.05) is 31.2 Å². The molecule has 1 heterocycles. The molecule has 3 aromatic carbocycles. The van der Waals surface area contributed by atoms with E-state index in [1.165, 1.54) is 5.56 Å². The molecule has 2 amide bonds. The van der Waals surface area contributed by atoms with Gasteiger partial charge in [0.2, 0.25) is 5.91 Å². The van der Waals surface area contributed by atoms with E-state index in [-0.39, 0.29) is 30.9 Å². The van der Waals surface area contributed by atoms with E-state index in [1.54, 1.807) is 18.2 Å². The Morgan fingerprint density at radius 1 is 1.00 bits per heavy atom. The molecule has 2 N–H and O–H groups in total. The summed E-state index contributed by atoms with van der Waals surface area (Å²) in [6.45, 7) is 7.05. The van der Waals surface area contributed by atoms with E-state index >= 15 is 0 Å². The second kappa shape index (κ2) is 10.4. The van der Waals surface area contributed by atoms with Crippen molar-refractivity contribution in [3.8, 4) is 22.6 Å². The molecule has 0 spiro atoms. The molecule has 4 rings (SSSR count). The minimum Gasteiger partial charge on any atom is -0.486 e. The highest BCUT2D eigenvalue weighted by Gasteiger charge is 2.24. The van der Waals surface area contributed by atoms with Crippen LogP contribution in [-0.2, 0) is 4.79 Å². The fourth-order valence-electron chi connectivity index (χ4n) is 3.95. The van der Waals surface area contributed by atoms with Gasteiger partial charge in [0.1, 0.15) is 12.7 Å². The van der Waals surface area contributed by atoms with Crippen LogP contribution in [0.15, 0.2) is 66.7 Å². The number of benzene rings is 3. The first-order valence-corrected chi connectivity index (χ1v) is 11.7. The van der Waals surface area contributed by atoms with Gasteiger partial charge in [-0.05, 0) is 47.7 Å². The number of amides is 2. The van der Waals surface area contributed by atoms with Crippen LogP contribution in [-0.4, -0.2) is 31.1 Å². The number of hydrogen-bond acceptors (Lipinski definition) is 4. The van der Waals surface area contributed by atoms with E-state index < -0.39 is 0 Å². The Morgan fingerprint density at radius 2 is 1.76 bits per heavy atom. The Morgan fingerprint density at radius 3 is 2.50 bits per heavy atom. The van der Waals surface area contributed by atoms with E-state index in [0.29, 0.717) is 35.2 Å². The smallest absolute Gasteiger partial charge is 0.256 e. The molecular weight excluding hydrogens is 428 g/mol. The molecule has 0 aliphatic carbocycles. The molecule has 6 heteroatoms. The van der Waals surface area contributed by atoms with Gasteiger partial charge in [-0.15, -0.1) is 0 Å². The summed E-state index contributed by atoms with van der Waals surface area (Å²) in [7, 11) is 0. The molecule has 1 aliphatic heterocycles. The molecule has 0 radical (unpaired) electrons. The summed E-state index contributed by atoms with van der Waals surface area (Å²) >= 11 is 0. The van der Waals surface area contributed by atoms with E-state index in [4.69, 9.17) is 9.47 Å². The van der Waals surface area contributed by atoms with Crippen molar-refractivity contribution in [2.45, 2.75) is 39.2 Å². The van der Waals surface area contributed by atoms with Crippen LogP contribution in [0.5, 0.6) is 11.5 Å². The van der Waals surface area contributed by atoms with Gasteiger partial charge in [0.05, 0.1) is 6.42 Å². The monoisotopic (exact) mass is 458 g/mol. The second-order valence-electron chi connectivity index (χ2n) is 8.65. The Labute approximate surface area is 200 Å². The normalized spacial score (nSPS) is 14.5. The summed E-state index contributed by atoms with van der Waals surface area (Å²) in [4.78, 5) is 25.0. The van der Waals surface area contributed by atoms with Crippen LogP contribution in [0.3, 0.4) is 0 Å². The molecule has 6 nitrogen and oxygen atoms in total. The molecule has 1 atom stereocenters. The Bertz CT molecular complexity index is 1170. The number of fused-ring (bicyclic) bond motifs is 1. The van der Waals surface area contributed by atoms with Gasteiger partial charge >= 0.3 is 0 Å². The number of hydrogen-bond donors (Lipinski definition) is 2. The summed E-state index contributed by atoms with van der Waals surface area (Å²) in [5.74, 6) is 1.29. The van der Waals surface area contributed by atoms with E-state index in [9.17, 15) is 9.59 Å². The van der Waals surface area contributed by atoms with Crippen molar-refractivity contribution >= 4 is 17.5 Å². The molecule has 1 unspecified atom stereocenters. The fourth-order valence-corrected chi connectivity index (χ4v) is 3.95. The fraction of sp³-hybridized carbons (Fsp3) is 0.286. The van der Waals surface area contributed by atoms with Crippen LogP contribution in [0.25, 0.3) is 11.1 Å². The molecule has 176 valence electrons.